The molecule has 4 aliphatic carbocycles. The second kappa shape index (κ2) is 9.89. The number of carbonyl (C=O) groups is 1. The highest BCUT2D eigenvalue weighted by Gasteiger charge is 2.53. The molecule has 4 saturated carbocycles. The molecule has 4 bridgehead atoms. The lowest BCUT2D eigenvalue weighted by Gasteiger charge is -2.59. The number of likely N-dealkylation sites (tertiary alicyclic amines) is 1. The molecule has 1 atom stereocenters. The van der Waals surface area contributed by atoms with Crippen LogP contribution in [0.15, 0.2) is 35.5 Å². The van der Waals surface area contributed by atoms with Gasteiger partial charge in [0.1, 0.15) is 0 Å². The summed E-state index contributed by atoms with van der Waals surface area (Å²) in [4.78, 5) is 15.6. The predicted octanol–water partition coefficient (Wildman–Crippen LogP) is 5.07. The summed E-state index contributed by atoms with van der Waals surface area (Å²) < 4.78 is 2.15. The van der Waals surface area contributed by atoms with Gasteiger partial charge in [0.25, 0.3) is 0 Å². The molecule has 35 heavy (non-hydrogen) atoms. The summed E-state index contributed by atoms with van der Waals surface area (Å²) in [6, 6.07) is 10.6. The van der Waals surface area contributed by atoms with Crippen molar-refractivity contribution in [1.29, 1.82) is 0 Å². The lowest BCUT2D eigenvalue weighted by atomic mass is 9.48. The van der Waals surface area contributed by atoms with Crippen LogP contribution in [0.1, 0.15) is 70.5 Å². The third-order valence-electron chi connectivity index (χ3n) is 9.24. The summed E-state index contributed by atoms with van der Waals surface area (Å²) >= 11 is 1.51. The van der Waals surface area contributed by atoms with Gasteiger partial charge in [0, 0.05) is 11.7 Å². The number of piperidine rings is 1. The number of nitrogens with zero attached hydrogens (tertiary/aromatic N) is 4. The van der Waals surface area contributed by atoms with E-state index in [0.29, 0.717) is 11.2 Å². The molecule has 7 heteroatoms. The van der Waals surface area contributed by atoms with E-state index in [0.717, 1.165) is 54.1 Å². The second-order valence-corrected chi connectivity index (χ2v) is 12.7. The first-order chi connectivity index (χ1) is 17.1. The molecule has 5 aliphatic rings. The van der Waals surface area contributed by atoms with Crippen LogP contribution in [-0.4, -0.2) is 50.5 Å². The molecule has 2 heterocycles. The largest absolute Gasteiger partial charge is 0.352 e. The first-order valence-electron chi connectivity index (χ1n) is 13.7. The molecular formula is C28H39N5OS. The van der Waals surface area contributed by atoms with E-state index in [1.165, 1.54) is 69.5 Å². The van der Waals surface area contributed by atoms with Gasteiger partial charge >= 0.3 is 0 Å². The van der Waals surface area contributed by atoms with Gasteiger partial charge in [0.05, 0.1) is 12.3 Å². The van der Waals surface area contributed by atoms with Crippen LogP contribution in [0.3, 0.4) is 0 Å². The fraction of sp³-hybridized carbons (Fsp3) is 0.679. The van der Waals surface area contributed by atoms with Gasteiger partial charge in [-0.1, -0.05) is 36.4 Å². The van der Waals surface area contributed by atoms with Crippen LogP contribution in [0.5, 0.6) is 0 Å². The Morgan fingerprint density at radius 3 is 2.34 bits per heavy atom. The minimum Gasteiger partial charge on any atom is -0.352 e. The van der Waals surface area contributed by atoms with Crippen molar-refractivity contribution < 1.29 is 4.79 Å². The van der Waals surface area contributed by atoms with Gasteiger partial charge < -0.3 is 5.32 Å². The molecule has 5 fully saturated rings. The quantitative estimate of drug-likeness (QED) is 0.521. The summed E-state index contributed by atoms with van der Waals surface area (Å²) in [6.45, 7) is 5.31. The fourth-order valence-electron chi connectivity index (χ4n) is 7.92. The zero-order valence-electron chi connectivity index (χ0n) is 21.0. The van der Waals surface area contributed by atoms with Crippen LogP contribution in [0.25, 0.3) is 5.69 Å². The average molecular weight is 494 g/mol. The van der Waals surface area contributed by atoms with Crippen molar-refractivity contribution in [3.63, 3.8) is 0 Å². The number of aromatic nitrogens is 3. The number of rotatable bonds is 8. The van der Waals surface area contributed by atoms with Crippen LogP contribution in [0, 0.1) is 23.2 Å². The highest BCUT2D eigenvalue weighted by atomic mass is 32.2. The molecule has 0 spiro atoms. The minimum absolute atomic E-state index is 0.124. The maximum absolute atomic E-state index is 13.1. The highest BCUT2D eigenvalue weighted by molar-refractivity contribution is 7.99. The van der Waals surface area contributed by atoms with Crippen LogP contribution in [0.2, 0.25) is 0 Å². The molecule has 1 saturated heterocycles. The number of benzene rings is 1. The van der Waals surface area contributed by atoms with Crippen molar-refractivity contribution >= 4 is 17.7 Å². The van der Waals surface area contributed by atoms with Gasteiger partial charge in [-0.15, -0.1) is 10.2 Å². The number of carbonyl (C=O) groups excluding carboxylic acids is 1. The SMILES string of the molecule is CC(NC(=O)CSc1nnc(CN2CCCCC2)n1-c1ccccc1)C12CC3CC(CC(C3)C1)C2. The maximum Gasteiger partial charge on any atom is 0.230 e. The molecule has 1 aromatic heterocycles. The summed E-state index contributed by atoms with van der Waals surface area (Å²) in [5.41, 5.74) is 1.40. The Bertz CT molecular complexity index is 996. The van der Waals surface area contributed by atoms with E-state index in [-0.39, 0.29) is 11.9 Å². The third kappa shape index (κ3) is 4.91. The number of hydrogen-bond acceptors (Lipinski definition) is 5. The van der Waals surface area contributed by atoms with Crippen molar-refractivity contribution in [2.45, 2.75) is 82.5 Å². The Morgan fingerprint density at radius 2 is 1.69 bits per heavy atom. The Balaban J connectivity index is 1.12. The summed E-state index contributed by atoms with van der Waals surface area (Å²) in [5, 5.41) is 13.3. The third-order valence-corrected chi connectivity index (χ3v) is 10.2. The monoisotopic (exact) mass is 493 g/mol. The number of hydrogen-bond donors (Lipinski definition) is 1. The van der Waals surface area contributed by atoms with E-state index in [1.807, 2.05) is 18.2 Å². The molecule has 188 valence electrons. The van der Waals surface area contributed by atoms with Gasteiger partial charge in [-0.2, -0.15) is 0 Å². The number of para-hydroxylation sites is 1. The molecular weight excluding hydrogens is 454 g/mol. The molecule has 1 amide bonds. The molecule has 0 radical (unpaired) electrons. The second-order valence-electron chi connectivity index (χ2n) is 11.8. The first kappa shape index (κ1) is 23.5. The predicted molar refractivity (Wildman–Crippen MR) is 139 cm³/mol. The topological polar surface area (TPSA) is 63.1 Å². The minimum atomic E-state index is 0.124. The number of thioether (sulfide) groups is 1. The zero-order chi connectivity index (χ0) is 23.8. The van der Waals surface area contributed by atoms with Gasteiger partial charge in [-0.05, 0) is 107 Å². The van der Waals surface area contributed by atoms with Crippen molar-refractivity contribution in [3.05, 3.63) is 36.2 Å². The summed E-state index contributed by atoms with van der Waals surface area (Å²) in [6.07, 6.45) is 12.1. The Labute approximate surface area is 213 Å². The van der Waals surface area contributed by atoms with Crippen molar-refractivity contribution in [2.75, 3.05) is 18.8 Å². The molecule has 2 aromatic rings. The van der Waals surface area contributed by atoms with Gasteiger partial charge in [-0.25, -0.2) is 0 Å². The first-order valence-corrected chi connectivity index (χ1v) is 14.7. The van der Waals surface area contributed by atoms with E-state index >= 15 is 0 Å². The van der Waals surface area contributed by atoms with Crippen molar-refractivity contribution in [2.24, 2.45) is 23.2 Å². The van der Waals surface area contributed by atoms with Crippen LogP contribution >= 0.6 is 11.8 Å². The van der Waals surface area contributed by atoms with E-state index in [1.54, 1.807) is 0 Å². The van der Waals surface area contributed by atoms with Crippen LogP contribution in [-0.2, 0) is 11.3 Å². The summed E-state index contributed by atoms with van der Waals surface area (Å²) in [7, 11) is 0. The van der Waals surface area contributed by atoms with Gasteiger partial charge in [0.2, 0.25) is 5.91 Å². The molecule has 1 aliphatic heterocycles. The molecule has 7 rings (SSSR count). The normalized spacial score (nSPS) is 30.9. The van der Waals surface area contributed by atoms with Crippen LogP contribution < -0.4 is 5.32 Å². The van der Waals surface area contributed by atoms with E-state index in [2.05, 4.69) is 44.0 Å². The fourth-order valence-corrected chi connectivity index (χ4v) is 8.71. The van der Waals surface area contributed by atoms with E-state index < -0.39 is 0 Å². The number of amides is 1. The Kier molecular flexibility index (Phi) is 6.65. The van der Waals surface area contributed by atoms with Gasteiger partial charge in [0.15, 0.2) is 11.0 Å². The lowest BCUT2D eigenvalue weighted by Crippen LogP contribution is -2.56. The highest BCUT2D eigenvalue weighted by Crippen LogP contribution is 2.61. The molecule has 1 N–H and O–H groups in total. The maximum atomic E-state index is 13.1. The van der Waals surface area contributed by atoms with E-state index in [9.17, 15) is 4.79 Å². The Morgan fingerprint density at radius 1 is 1.03 bits per heavy atom. The standard InChI is InChI=1S/C28H39N5OS/c1-20(28-15-21-12-22(16-28)14-23(13-21)17-28)29-26(34)19-35-27-31-30-25(18-32-10-6-3-7-11-32)33(27)24-8-4-2-5-9-24/h2,4-5,8-9,20-23H,3,6-7,10-19H2,1H3,(H,29,34). The van der Waals surface area contributed by atoms with E-state index in [4.69, 9.17) is 0 Å². The van der Waals surface area contributed by atoms with Crippen molar-refractivity contribution in [3.8, 4) is 5.69 Å². The molecule has 1 aromatic carbocycles. The zero-order valence-corrected chi connectivity index (χ0v) is 21.8. The Hall–Kier alpha value is -1.86. The molecule has 1 unspecified atom stereocenters. The van der Waals surface area contributed by atoms with Gasteiger partial charge in [-0.3, -0.25) is 14.3 Å². The smallest absolute Gasteiger partial charge is 0.230 e. The average Bonchev–Trinajstić information content (AvgIpc) is 3.25. The van der Waals surface area contributed by atoms with Crippen molar-refractivity contribution in [1.82, 2.24) is 25.0 Å². The van der Waals surface area contributed by atoms with Crippen LogP contribution in [0.4, 0.5) is 0 Å². The summed E-state index contributed by atoms with van der Waals surface area (Å²) in [5.74, 6) is 4.17. The molecule has 6 nitrogen and oxygen atoms in total. The number of nitrogens with one attached hydrogen (secondary N) is 1. The lowest BCUT2D eigenvalue weighted by molar-refractivity contribution is -0.123.